The predicted octanol–water partition coefficient (Wildman–Crippen LogP) is 4.84. The van der Waals surface area contributed by atoms with E-state index in [0.29, 0.717) is 11.5 Å². The van der Waals surface area contributed by atoms with Crippen molar-refractivity contribution in [3.63, 3.8) is 0 Å². The molecule has 150 valence electrons. The molecule has 0 saturated carbocycles. The van der Waals surface area contributed by atoms with Gasteiger partial charge in [0.2, 0.25) is 0 Å². The molecule has 4 rings (SSSR count). The zero-order valence-electron chi connectivity index (χ0n) is 15.6. The van der Waals surface area contributed by atoms with E-state index in [9.17, 15) is 18.3 Å². The second kappa shape index (κ2) is 6.54. The maximum Gasteiger partial charge on any atom is 0.573 e. The summed E-state index contributed by atoms with van der Waals surface area (Å²) in [6.45, 7) is 3.98. The van der Waals surface area contributed by atoms with Crippen molar-refractivity contribution in [1.82, 2.24) is 9.97 Å². The Balaban J connectivity index is 1.62. The molecule has 6 nitrogen and oxygen atoms in total. The zero-order chi connectivity index (χ0) is 20.9. The van der Waals surface area contributed by atoms with E-state index >= 15 is 0 Å². The average Bonchev–Trinajstić information content (AvgIpc) is 3.14. The summed E-state index contributed by atoms with van der Waals surface area (Å²) in [5, 5.41) is 18.9. The normalized spacial score (nSPS) is 14.9. The van der Waals surface area contributed by atoms with E-state index in [1.165, 1.54) is 17.0 Å². The number of hydrogen-bond donors (Lipinski definition) is 3. The summed E-state index contributed by atoms with van der Waals surface area (Å²) in [5.41, 5.74) is 4.40. The number of aliphatic hydroxyl groups is 1. The van der Waals surface area contributed by atoms with Gasteiger partial charge in [-0.3, -0.25) is 5.41 Å². The molecule has 0 saturated heterocycles. The molecule has 2 heterocycles. The van der Waals surface area contributed by atoms with Crippen LogP contribution in [0, 0.1) is 19.3 Å². The number of imidazole rings is 1. The summed E-state index contributed by atoms with van der Waals surface area (Å²) in [6.07, 6.45) is -4.77. The van der Waals surface area contributed by atoms with Crippen molar-refractivity contribution in [1.29, 1.82) is 5.41 Å². The Hall–Kier alpha value is -3.49. The monoisotopic (exact) mass is 402 g/mol. The summed E-state index contributed by atoms with van der Waals surface area (Å²) in [4.78, 5) is 9.10. The molecule has 0 amide bonds. The van der Waals surface area contributed by atoms with Crippen molar-refractivity contribution in [2.24, 2.45) is 0 Å². The maximum atomic E-state index is 12.3. The summed E-state index contributed by atoms with van der Waals surface area (Å²) < 4.78 is 40.8. The first-order chi connectivity index (χ1) is 13.6. The lowest BCUT2D eigenvalue weighted by Gasteiger charge is -2.19. The molecule has 0 bridgehead atoms. The number of nitrogens with zero attached hydrogens (tertiary/aromatic N) is 2. The summed E-state index contributed by atoms with van der Waals surface area (Å²) in [6, 6.07) is 9.01. The van der Waals surface area contributed by atoms with Gasteiger partial charge in [-0.05, 0) is 61.4 Å². The van der Waals surface area contributed by atoms with E-state index in [1.54, 1.807) is 0 Å². The molecule has 0 radical (unpaired) electrons. The number of fused-ring (bicyclic) bond motifs is 1. The Kier molecular flexibility index (Phi) is 4.25. The second-order valence-corrected chi connectivity index (χ2v) is 6.84. The number of hydrogen-bond acceptors (Lipinski definition) is 4. The Labute approximate surface area is 163 Å². The van der Waals surface area contributed by atoms with Gasteiger partial charge in [-0.15, -0.1) is 13.2 Å². The van der Waals surface area contributed by atoms with E-state index in [4.69, 9.17) is 5.41 Å². The van der Waals surface area contributed by atoms with Crippen LogP contribution in [0.2, 0.25) is 0 Å². The smallest absolute Gasteiger partial charge is 0.509 e. The molecule has 2 aromatic carbocycles. The Morgan fingerprint density at radius 2 is 1.79 bits per heavy atom. The Bertz CT molecular complexity index is 1110. The van der Waals surface area contributed by atoms with Crippen molar-refractivity contribution in [3.05, 3.63) is 59.1 Å². The van der Waals surface area contributed by atoms with Gasteiger partial charge in [0.05, 0.1) is 23.2 Å². The first-order valence-corrected chi connectivity index (χ1v) is 8.74. The van der Waals surface area contributed by atoms with Gasteiger partial charge < -0.3 is 19.7 Å². The number of aromatic amines is 1. The van der Waals surface area contributed by atoms with Gasteiger partial charge in [-0.2, -0.15) is 0 Å². The lowest BCUT2D eigenvalue weighted by molar-refractivity contribution is -0.274. The third-order valence-corrected chi connectivity index (χ3v) is 4.82. The second-order valence-electron chi connectivity index (χ2n) is 6.84. The van der Waals surface area contributed by atoms with E-state index in [1.807, 2.05) is 26.0 Å². The van der Waals surface area contributed by atoms with Crippen molar-refractivity contribution < 1.29 is 23.0 Å². The molecule has 1 aliphatic heterocycles. The number of H-pyrrole nitrogens is 1. The number of anilines is 1. The van der Waals surface area contributed by atoms with Crippen LogP contribution in [0.15, 0.2) is 42.2 Å². The number of ether oxygens (including phenoxy) is 1. The highest BCUT2D eigenvalue weighted by atomic mass is 19.4. The highest BCUT2D eigenvalue weighted by Crippen LogP contribution is 2.32. The van der Waals surface area contributed by atoms with Gasteiger partial charge in [0.15, 0.2) is 0 Å². The van der Waals surface area contributed by atoms with Gasteiger partial charge in [-0.25, -0.2) is 4.98 Å². The fourth-order valence-corrected chi connectivity index (χ4v) is 3.26. The number of aliphatic hydroxyl groups excluding tert-OH is 1. The summed E-state index contributed by atoms with van der Waals surface area (Å²) in [5.74, 6) is -0.0305. The lowest BCUT2D eigenvalue weighted by atomic mass is 10.1. The third-order valence-electron chi connectivity index (χ3n) is 4.82. The highest BCUT2D eigenvalue weighted by Gasteiger charge is 2.33. The van der Waals surface area contributed by atoms with Crippen LogP contribution in [0.25, 0.3) is 16.6 Å². The lowest BCUT2D eigenvalue weighted by Crippen LogP contribution is -2.26. The molecule has 0 fully saturated rings. The minimum Gasteiger partial charge on any atom is -0.509 e. The summed E-state index contributed by atoms with van der Waals surface area (Å²) in [7, 11) is 0. The van der Waals surface area contributed by atoms with Gasteiger partial charge in [0.25, 0.3) is 0 Å². The molecule has 3 N–H and O–H groups in total. The van der Waals surface area contributed by atoms with E-state index < -0.39 is 6.36 Å². The van der Waals surface area contributed by atoms with Crippen LogP contribution in [-0.4, -0.2) is 33.8 Å². The van der Waals surface area contributed by atoms with E-state index in [0.717, 1.165) is 34.3 Å². The van der Waals surface area contributed by atoms with Crippen LogP contribution in [0.3, 0.4) is 0 Å². The van der Waals surface area contributed by atoms with Crippen LogP contribution in [0.1, 0.15) is 17.0 Å². The standard InChI is InChI=1S/C20H17F3N4O2/c1-10-7-14-15(8-11(10)2)26-19(25-14)17-16(28)9-27(18(17)24)12-3-5-13(6-4-12)29-20(21,22)23/h3-8,24,28H,9H2,1-2H3,(H,25,26). The maximum absolute atomic E-state index is 12.3. The number of halogens is 3. The first kappa shape index (κ1) is 18.9. The SMILES string of the molecule is Cc1cc2nc(C3=C(O)CN(c4ccc(OC(F)(F)F)cc4)C3=N)[nH]c2cc1C. The van der Waals surface area contributed by atoms with Gasteiger partial charge in [0.1, 0.15) is 23.2 Å². The van der Waals surface area contributed by atoms with Crippen molar-refractivity contribution in [2.75, 3.05) is 11.4 Å². The first-order valence-electron chi connectivity index (χ1n) is 8.74. The molecule has 9 heteroatoms. The molecule has 1 aliphatic rings. The van der Waals surface area contributed by atoms with Crippen molar-refractivity contribution in [3.8, 4) is 5.75 Å². The molecular weight excluding hydrogens is 385 g/mol. The Morgan fingerprint density at radius 1 is 1.14 bits per heavy atom. The third kappa shape index (κ3) is 3.51. The van der Waals surface area contributed by atoms with E-state index in [-0.39, 0.29) is 29.5 Å². The molecule has 0 unspecified atom stereocenters. The van der Waals surface area contributed by atoms with Gasteiger partial charge in [-0.1, -0.05) is 0 Å². The number of rotatable bonds is 3. The van der Waals surface area contributed by atoms with E-state index in [2.05, 4.69) is 14.7 Å². The van der Waals surface area contributed by atoms with Crippen LogP contribution >= 0.6 is 0 Å². The summed E-state index contributed by atoms with van der Waals surface area (Å²) >= 11 is 0. The minimum atomic E-state index is -4.77. The molecule has 0 atom stereocenters. The molecule has 3 aromatic rings. The van der Waals surface area contributed by atoms with Crippen molar-refractivity contribution in [2.45, 2.75) is 20.2 Å². The number of aromatic nitrogens is 2. The molecular formula is C20H17F3N4O2. The zero-order valence-corrected chi connectivity index (χ0v) is 15.6. The highest BCUT2D eigenvalue weighted by molar-refractivity contribution is 6.30. The molecule has 0 spiro atoms. The number of nitrogens with one attached hydrogen (secondary N) is 2. The number of aryl methyl sites for hydroxylation is 2. The minimum absolute atomic E-state index is 0.000472. The topological polar surface area (TPSA) is 85.2 Å². The quantitative estimate of drug-likeness (QED) is 0.585. The fraction of sp³-hybridized carbons (Fsp3) is 0.200. The van der Waals surface area contributed by atoms with Crippen LogP contribution in [0.5, 0.6) is 5.75 Å². The van der Waals surface area contributed by atoms with Gasteiger partial charge >= 0.3 is 6.36 Å². The Morgan fingerprint density at radius 3 is 2.45 bits per heavy atom. The van der Waals surface area contributed by atoms with Gasteiger partial charge in [0, 0.05) is 5.69 Å². The largest absolute Gasteiger partial charge is 0.573 e. The van der Waals surface area contributed by atoms with Crippen LogP contribution in [0.4, 0.5) is 18.9 Å². The fourth-order valence-electron chi connectivity index (χ4n) is 3.26. The van der Waals surface area contributed by atoms with Crippen molar-refractivity contribution >= 4 is 28.1 Å². The average molecular weight is 402 g/mol. The number of amidine groups is 1. The van der Waals surface area contributed by atoms with Crippen LogP contribution < -0.4 is 9.64 Å². The van der Waals surface area contributed by atoms with Crippen LogP contribution in [-0.2, 0) is 0 Å². The number of alkyl halides is 3. The molecule has 0 aliphatic carbocycles. The molecule has 29 heavy (non-hydrogen) atoms. The molecule has 1 aromatic heterocycles. The number of benzene rings is 2. The predicted molar refractivity (Wildman–Crippen MR) is 103 cm³/mol.